The predicted octanol–water partition coefficient (Wildman–Crippen LogP) is 4.31. The number of nitrogens with zero attached hydrogens (tertiary/aromatic N) is 3. The summed E-state index contributed by atoms with van der Waals surface area (Å²) in [5.74, 6) is -2.81. The van der Waals surface area contributed by atoms with Crippen LogP contribution < -0.4 is 5.69 Å². The normalized spacial score (nSPS) is 12.5. The highest BCUT2D eigenvalue weighted by Crippen LogP contribution is 2.29. The Labute approximate surface area is 180 Å². The zero-order valence-electron chi connectivity index (χ0n) is 16.6. The van der Waals surface area contributed by atoms with Gasteiger partial charge in [0.25, 0.3) is 0 Å². The number of nitrogens with one attached hydrogen (secondary N) is 1. The fourth-order valence-corrected chi connectivity index (χ4v) is 3.11. The van der Waals surface area contributed by atoms with E-state index < -0.39 is 23.7 Å². The van der Waals surface area contributed by atoms with Crippen molar-refractivity contribution in [2.24, 2.45) is 5.92 Å². The number of hydrogen-bond acceptors (Lipinski definition) is 4. The summed E-state index contributed by atoms with van der Waals surface area (Å²) in [5, 5.41) is 0.273. The van der Waals surface area contributed by atoms with Crippen LogP contribution >= 0.6 is 11.6 Å². The molecule has 0 saturated heterocycles. The summed E-state index contributed by atoms with van der Waals surface area (Å²) >= 11 is 6.28. The number of carbonyl (C=O) groups is 1. The minimum atomic E-state index is -4.62. The number of halogens is 4. The number of rotatable bonds is 5. The smallest absolute Gasteiger partial charge is 0.341 e. The lowest BCUT2D eigenvalue weighted by Crippen LogP contribution is -2.38. The molecule has 0 unspecified atom stereocenters. The second-order valence-corrected chi connectivity index (χ2v) is 7.37. The fourth-order valence-electron chi connectivity index (χ4n) is 2.90. The molecule has 1 N–H and O–H groups in total. The summed E-state index contributed by atoms with van der Waals surface area (Å²) in [6.45, 7) is 0.743. The maximum atomic E-state index is 12.8. The van der Waals surface area contributed by atoms with Gasteiger partial charge in [-0.2, -0.15) is 18.2 Å². The van der Waals surface area contributed by atoms with E-state index in [0.717, 1.165) is 11.8 Å². The Morgan fingerprint density at radius 1 is 1.16 bits per heavy atom. The first-order valence-corrected chi connectivity index (χ1v) is 9.58. The number of alkyl halides is 3. The number of aromatic nitrogens is 3. The third-order valence-corrected chi connectivity index (χ3v) is 4.96. The van der Waals surface area contributed by atoms with Gasteiger partial charge >= 0.3 is 11.9 Å². The van der Waals surface area contributed by atoms with Crippen molar-refractivity contribution in [1.29, 1.82) is 0 Å². The molecule has 1 heterocycles. The van der Waals surface area contributed by atoms with Crippen LogP contribution in [-0.2, 0) is 11.3 Å². The van der Waals surface area contributed by atoms with Crippen molar-refractivity contribution < 1.29 is 18.0 Å². The van der Waals surface area contributed by atoms with Gasteiger partial charge in [0.05, 0.1) is 5.02 Å². The topological polar surface area (TPSA) is 79.0 Å². The van der Waals surface area contributed by atoms with Gasteiger partial charge in [-0.3, -0.25) is 9.78 Å². The Balaban J connectivity index is 1.93. The van der Waals surface area contributed by atoms with Gasteiger partial charge in [0.1, 0.15) is 11.7 Å². The zero-order valence-corrected chi connectivity index (χ0v) is 17.3. The molecule has 0 aliphatic heterocycles. The van der Waals surface area contributed by atoms with Crippen molar-refractivity contribution in [2.45, 2.75) is 19.6 Å². The first kappa shape index (κ1) is 22.5. The number of aromatic amines is 1. The molecule has 0 fully saturated rings. The van der Waals surface area contributed by atoms with Crippen molar-refractivity contribution in [1.82, 2.24) is 19.9 Å². The lowest BCUT2D eigenvalue weighted by molar-refractivity contribution is -0.185. The van der Waals surface area contributed by atoms with Crippen LogP contribution in [0.25, 0.3) is 22.8 Å². The number of hydrogen-bond donors (Lipinski definition) is 1. The van der Waals surface area contributed by atoms with Crippen molar-refractivity contribution in [3.8, 4) is 22.8 Å². The van der Waals surface area contributed by atoms with E-state index in [9.17, 15) is 22.8 Å². The maximum Gasteiger partial charge on any atom is 0.400 e. The van der Waals surface area contributed by atoms with E-state index in [0.29, 0.717) is 16.7 Å². The van der Waals surface area contributed by atoms with Crippen molar-refractivity contribution in [2.75, 3.05) is 7.05 Å². The lowest BCUT2D eigenvalue weighted by Gasteiger charge is -2.23. The summed E-state index contributed by atoms with van der Waals surface area (Å²) in [5.41, 5.74) is 0.885. The van der Waals surface area contributed by atoms with E-state index in [2.05, 4.69) is 15.0 Å². The van der Waals surface area contributed by atoms with Gasteiger partial charge in [-0.15, -0.1) is 0 Å². The van der Waals surface area contributed by atoms with E-state index in [1.54, 1.807) is 36.4 Å². The Morgan fingerprint density at radius 3 is 2.48 bits per heavy atom. The molecule has 1 aromatic heterocycles. The van der Waals surface area contributed by atoms with Crippen LogP contribution in [0, 0.1) is 5.92 Å². The number of H-pyrrole nitrogens is 1. The van der Waals surface area contributed by atoms with E-state index >= 15 is 0 Å². The fraction of sp³-hybridized carbons (Fsp3) is 0.238. The van der Waals surface area contributed by atoms with E-state index in [-0.39, 0.29) is 23.2 Å². The molecule has 6 nitrogen and oxygen atoms in total. The molecule has 0 bridgehead atoms. The first-order valence-electron chi connectivity index (χ1n) is 9.20. The van der Waals surface area contributed by atoms with Crippen LogP contribution in [0.15, 0.2) is 53.3 Å². The van der Waals surface area contributed by atoms with Gasteiger partial charge < -0.3 is 4.90 Å². The lowest BCUT2D eigenvalue weighted by atomic mass is 10.1. The molecule has 1 atom stereocenters. The van der Waals surface area contributed by atoms with Gasteiger partial charge in [-0.05, 0) is 24.6 Å². The van der Waals surface area contributed by atoms with Gasteiger partial charge in [0.15, 0.2) is 5.82 Å². The van der Waals surface area contributed by atoms with Crippen molar-refractivity contribution in [3.05, 3.63) is 69.6 Å². The molecule has 1 amide bonds. The third kappa shape index (κ3) is 5.29. The molecule has 0 aliphatic carbocycles. The van der Waals surface area contributed by atoms with E-state index in [4.69, 9.17) is 11.6 Å². The minimum Gasteiger partial charge on any atom is -0.341 e. The van der Waals surface area contributed by atoms with Gasteiger partial charge in [0, 0.05) is 24.7 Å². The molecule has 0 saturated carbocycles. The summed E-state index contributed by atoms with van der Waals surface area (Å²) in [6.07, 6.45) is -4.62. The minimum absolute atomic E-state index is 0.0791. The van der Waals surface area contributed by atoms with Crippen LogP contribution in [0.2, 0.25) is 5.02 Å². The predicted molar refractivity (Wildman–Crippen MR) is 110 cm³/mol. The summed E-state index contributed by atoms with van der Waals surface area (Å²) in [6, 6.07) is 13.6. The average molecular weight is 451 g/mol. The Bertz CT molecular complexity index is 1150. The molecule has 0 radical (unpaired) electrons. The van der Waals surface area contributed by atoms with Crippen LogP contribution in [0.4, 0.5) is 13.2 Å². The molecular weight excluding hydrogens is 433 g/mol. The van der Waals surface area contributed by atoms with Crippen LogP contribution in [0.5, 0.6) is 0 Å². The number of amides is 1. The SMILES string of the molecule is C[C@H](C(=O)N(C)Cc1ccc(Cl)c(-c2nc(-c3ccccc3)nc(=O)[nH]2)c1)C(F)(F)F. The Morgan fingerprint density at radius 2 is 1.84 bits per heavy atom. The first-order chi connectivity index (χ1) is 14.6. The molecule has 2 aromatic carbocycles. The van der Waals surface area contributed by atoms with Crippen molar-refractivity contribution >= 4 is 17.5 Å². The van der Waals surface area contributed by atoms with Crippen LogP contribution in [0.1, 0.15) is 12.5 Å². The Kier molecular flexibility index (Phi) is 6.45. The number of carbonyl (C=O) groups excluding carboxylic acids is 1. The van der Waals surface area contributed by atoms with E-state index in [1.807, 2.05) is 6.07 Å². The maximum absolute atomic E-state index is 12.8. The summed E-state index contributed by atoms with van der Waals surface area (Å²) in [4.78, 5) is 35.9. The summed E-state index contributed by atoms with van der Waals surface area (Å²) in [7, 11) is 1.29. The molecule has 31 heavy (non-hydrogen) atoms. The molecule has 0 aliphatic rings. The highest BCUT2D eigenvalue weighted by molar-refractivity contribution is 6.33. The van der Waals surface area contributed by atoms with E-state index in [1.165, 1.54) is 13.1 Å². The summed E-state index contributed by atoms with van der Waals surface area (Å²) < 4.78 is 38.5. The van der Waals surface area contributed by atoms with Crippen LogP contribution in [0.3, 0.4) is 0 Å². The molecule has 162 valence electrons. The molecule has 10 heteroatoms. The van der Waals surface area contributed by atoms with Gasteiger partial charge in [-0.25, -0.2) is 9.78 Å². The average Bonchev–Trinajstić information content (AvgIpc) is 2.73. The largest absolute Gasteiger partial charge is 0.400 e. The third-order valence-electron chi connectivity index (χ3n) is 4.63. The molecular formula is C21H18ClF3N4O2. The standard InChI is InChI=1S/C21H18ClF3N4O2/c1-12(21(23,24)25)19(30)29(2)11-13-8-9-16(22)15(10-13)18-26-17(27-20(31)28-18)14-6-4-3-5-7-14/h3-10,12H,11H2,1-2H3,(H,26,27,28,31)/t12-/m1/s1. The monoisotopic (exact) mass is 450 g/mol. The van der Waals surface area contributed by atoms with Crippen molar-refractivity contribution in [3.63, 3.8) is 0 Å². The highest BCUT2D eigenvalue weighted by atomic mass is 35.5. The van der Waals surface area contributed by atoms with Gasteiger partial charge in [-0.1, -0.05) is 48.0 Å². The molecule has 3 rings (SSSR count). The second-order valence-electron chi connectivity index (χ2n) is 6.96. The van der Waals surface area contributed by atoms with Gasteiger partial charge in [0.2, 0.25) is 5.91 Å². The molecule has 3 aromatic rings. The molecule has 0 spiro atoms. The zero-order chi connectivity index (χ0) is 22.8. The highest BCUT2D eigenvalue weighted by Gasteiger charge is 2.42. The Hall–Kier alpha value is -3.20. The van der Waals surface area contributed by atoms with Crippen LogP contribution in [-0.4, -0.2) is 39.0 Å². The number of benzene rings is 2. The quantitative estimate of drug-likeness (QED) is 0.628. The second kappa shape index (κ2) is 8.89.